The van der Waals surface area contributed by atoms with E-state index in [2.05, 4.69) is 5.32 Å². The molecule has 19 heavy (non-hydrogen) atoms. The quantitative estimate of drug-likeness (QED) is 0.664. The van der Waals surface area contributed by atoms with Gasteiger partial charge in [0.15, 0.2) is 0 Å². The van der Waals surface area contributed by atoms with E-state index in [1.165, 1.54) is 0 Å². The van der Waals surface area contributed by atoms with Crippen LogP contribution >= 0.6 is 11.3 Å². The second-order valence-corrected chi connectivity index (χ2v) is 5.02. The number of rotatable bonds is 8. The van der Waals surface area contributed by atoms with Crippen LogP contribution in [0.15, 0.2) is 17.5 Å². The lowest BCUT2D eigenvalue weighted by Crippen LogP contribution is -2.42. The van der Waals surface area contributed by atoms with Crippen LogP contribution in [0.5, 0.6) is 0 Å². The van der Waals surface area contributed by atoms with Gasteiger partial charge >= 0.3 is 11.9 Å². The highest BCUT2D eigenvalue weighted by molar-refractivity contribution is 7.09. The zero-order valence-corrected chi connectivity index (χ0v) is 11.0. The van der Waals surface area contributed by atoms with Gasteiger partial charge in [0.2, 0.25) is 5.91 Å². The zero-order valence-electron chi connectivity index (χ0n) is 10.2. The first-order valence-electron chi connectivity index (χ1n) is 5.75. The van der Waals surface area contributed by atoms with Crippen molar-refractivity contribution in [2.75, 3.05) is 0 Å². The molecule has 3 N–H and O–H groups in total. The maximum atomic E-state index is 11.5. The standard InChI is InChI=1S/C12H15NO5S/c14-10(5-1-3-8-4-2-6-19-8)13-9(12(17)18)7-11(15)16/h2,4,6,9H,1,3,5,7H2,(H,13,14)(H,15,16)(H,17,18). The Morgan fingerprint density at radius 1 is 1.32 bits per heavy atom. The van der Waals surface area contributed by atoms with Gasteiger partial charge in [-0.2, -0.15) is 0 Å². The number of thiophene rings is 1. The highest BCUT2D eigenvalue weighted by atomic mass is 32.1. The fourth-order valence-corrected chi connectivity index (χ4v) is 2.27. The fourth-order valence-electron chi connectivity index (χ4n) is 1.52. The molecule has 6 nitrogen and oxygen atoms in total. The smallest absolute Gasteiger partial charge is 0.326 e. The molecular formula is C12H15NO5S. The molecule has 0 saturated heterocycles. The molecule has 1 unspecified atom stereocenters. The van der Waals surface area contributed by atoms with Crippen LogP contribution in [0.2, 0.25) is 0 Å². The van der Waals surface area contributed by atoms with Crippen LogP contribution in [0, 0.1) is 0 Å². The summed E-state index contributed by atoms with van der Waals surface area (Å²) in [6, 6.07) is 2.52. The lowest BCUT2D eigenvalue weighted by atomic mass is 10.1. The van der Waals surface area contributed by atoms with Crippen LogP contribution in [-0.2, 0) is 20.8 Å². The van der Waals surface area contributed by atoms with E-state index in [-0.39, 0.29) is 6.42 Å². The summed E-state index contributed by atoms with van der Waals surface area (Å²) in [6.07, 6.45) is 0.917. The van der Waals surface area contributed by atoms with E-state index in [1.807, 2.05) is 17.5 Å². The summed E-state index contributed by atoms with van der Waals surface area (Å²) in [5.41, 5.74) is 0. The van der Waals surface area contributed by atoms with Gasteiger partial charge in [-0.1, -0.05) is 6.07 Å². The van der Waals surface area contributed by atoms with E-state index in [4.69, 9.17) is 10.2 Å². The largest absolute Gasteiger partial charge is 0.481 e. The first-order valence-corrected chi connectivity index (χ1v) is 6.63. The van der Waals surface area contributed by atoms with Gasteiger partial charge in [-0.05, 0) is 24.3 Å². The molecule has 1 heterocycles. The molecule has 0 saturated carbocycles. The van der Waals surface area contributed by atoms with Crippen LogP contribution in [0.4, 0.5) is 0 Å². The average Bonchev–Trinajstić information content (AvgIpc) is 2.80. The number of carbonyl (C=O) groups is 3. The molecule has 1 rings (SSSR count). The Hall–Kier alpha value is -1.89. The van der Waals surface area contributed by atoms with Crippen LogP contribution in [0.1, 0.15) is 24.1 Å². The van der Waals surface area contributed by atoms with Crippen molar-refractivity contribution in [3.63, 3.8) is 0 Å². The van der Waals surface area contributed by atoms with Crippen LogP contribution < -0.4 is 5.32 Å². The SMILES string of the molecule is O=C(O)CC(NC(=O)CCCc1cccs1)C(=O)O. The number of aryl methyl sites for hydroxylation is 1. The average molecular weight is 285 g/mol. The van der Waals surface area contributed by atoms with Crippen LogP contribution in [0.3, 0.4) is 0 Å². The number of hydrogen-bond acceptors (Lipinski definition) is 4. The molecule has 0 aliphatic rings. The number of carboxylic acid groups (broad SMARTS) is 2. The summed E-state index contributed by atoms with van der Waals surface area (Å²) in [6.45, 7) is 0. The van der Waals surface area contributed by atoms with Crippen molar-refractivity contribution < 1.29 is 24.6 Å². The van der Waals surface area contributed by atoms with Crippen molar-refractivity contribution in [1.29, 1.82) is 0 Å². The Morgan fingerprint density at radius 3 is 2.58 bits per heavy atom. The molecule has 1 aromatic rings. The minimum atomic E-state index is -1.37. The van der Waals surface area contributed by atoms with Crippen molar-refractivity contribution in [3.05, 3.63) is 22.4 Å². The summed E-state index contributed by atoms with van der Waals surface area (Å²) in [5, 5.41) is 21.5. The Balaban J connectivity index is 2.32. The van der Waals surface area contributed by atoms with Gasteiger partial charge < -0.3 is 15.5 Å². The number of nitrogens with one attached hydrogen (secondary N) is 1. The van der Waals surface area contributed by atoms with Gasteiger partial charge in [0, 0.05) is 11.3 Å². The number of amides is 1. The lowest BCUT2D eigenvalue weighted by molar-refractivity contribution is -0.147. The van der Waals surface area contributed by atoms with Crippen LogP contribution in [-0.4, -0.2) is 34.1 Å². The monoisotopic (exact) mass is 285 g/mol. The molecule has 0 bridgehead atoms. The summed E-state index contributed by atoms with van der Waals surface area (Å²) < 4.78 is 0. The number of carbonyl (C=O) groups excluding carboxylic acids is 1. The Labute approximate surface area is 114 Å². The molecule has 1 aromatic heterocycles. The predicted molar refractivity (Wildman–Crippen MR) is 69.1 cm³/mol. The molecule has 0 fully saturated rings. The highest BCUT2D eigenvalue weighted by Gasteiger charge is 2.22. The molecular weight excluding hydrogens is 270 g/mol. The summed E-state index contributed by atoms with van der Waals surface area (Å²) in [5.74, 6) is -3.04. The Morgan fingerprint density at radius 2 is 2.05 bits per heavy atom. The molecule has 0 aliphatic heterocycles. The molecule has 0 aromatic carbocycles. The summed E-state index contributed by atoms with van der Waals surface area (Å²) in [7, 11) is 0. The van der Waals surface area contributed by atoms with Gasteiger partial charge in [-0.15, -0.1) is 11.3 Å². The van der Waals surface area contributed by atoms with E-state index in [1.54, 1.807) is 11.3 Å². The lowest BCUT2D eigenvalue weighted by Gasteiger charge is -2.12. The molecule has 1 atom stereocenters. The van der Waals surface area contributed by atoms with Crippen molar-refractivity contribution in [2.45, 2.75) is 31.7 Å². The van der Waals surface area contributed by atoms with Crippen molar-refractivity contribution in [2.24, 2.45) is 0 Å². The van der Waals surface area contributed by atoms with E-state index in [0.717, 1.165) is 11.3 Å². The highest BCUT2D eigenvalue weighted by Crippen LogP contribution is 2.11. The van der Waals surface area contributed by atoms with Gasteiger partial charge in [0.25, 0.3) is 0 Å². The topological polar surface area (TPSA) is 104 Å². The minimum absolute atomic E-state index is 0.182. The predicted octanol–water partition coefficient (Wildman–Crippen LogP) is 1.11. The van der Waals surface area contributed by atoms with E-state index >= 15 is 0 Å². The van der Waals surface area contributed by atoms with E-state index < -0.39 is 30.3 Å². The number of carboxylic acids is 2. The Kier molecular flexibility index (Phi) is 6.01. The maximum absolute atomic E-state index is 11.5. The first kappa shape index (κ1) is 15.2. The van der Waals surface area contributed by atoms with Crippen LogP contribution in [0.25, 0.3) is 0 Å². The molecule has 1 amide bonds. The number of aliphatic carboxylic acids is 2. The van der Waals surface area contributed by atoms with Gasteiger partial charge in [0.05, 0.1) is 6.42 Å². The van der Waals surface area contributed by atoms with E-state index in [9.17, 15) is 14.4 Å². The second kappa shape index (κ2) is 7.52. The Bertz CT molecular complexity index is 443. The minimum Gasteiger partial charge on any atom is -0.481 e. The molecule has 0 radical (unpaired) electrons. The zero-order chi connectivity index (χ0) is 14.3. The normalized spacial score (nSPS) is 11.8. The summed E-state index contributed by atoms with van der Waals surface area (Å²) >= 11 is 1.60. The molecule has 0 spiro atoms. The third kappa shape index (κ3) is 6.01. The van der Waals surface area contributed by atoms with Gasteiger partial charge in [-0.25, -0.2) is 4.79 Å². The summed E-state index contributed by atoms with van der Waals surface area (Å²) in [4.78, 5) is 33.9. The third-order valence-corrected chi connectivity index (χ3v) is 3.36. The number of hydrogen-bond donors (Lipinski definition) is 3. The van der Waals surface area contributed by atoms with Crippen molar-refractivity contribution in [3.8, 4) is 0 Å². The fraction of sp³-hybridized carbons (Fsp3) is 0.417. The molecule has 0 aliphatic carbocycles. The van der Waals surface area contributed by atoms with Crippen molar-refractivity contribution in [1.82, 2.24) is 5.32 Å². The third-order valence-electron chi connectivity index (χ3n) is 2.42. The molecule has 7 heteroatoms. The van der Waals surface area contributed by atoms with Gasteiger partial charge in [-0.3, -0.25) is 9.59 Å². The maximum Gasteiger partial charge on any atom is 0.326 e. The molecule has 104 valence electrons. The van der Waals surface area contributed by atoms with E-state index in [0.29, 0.717) is 6.42 Å². The second-order valence-electron chi connectivity index (χ2n) is 3.99. The van der Waals surface area contributed by atoms with Gasteiger partial charge in [0.1, 0.15) is 6.04 Å². The van der Waals surface area contributed by atoms with Crippen molar-refractivity contribution >= 4 is 29.2 Å². The first-order chi connectivity index (χ1) is 8.99.